The van der Waals surface area contributed by atoms with E-state index in [-0.39, 0.29) is 12.1 Å². The van der Waals surface area contributed by atoms with Crippen molar-refractivity contribution in [1.29, 1.82) is 0 Å². The molecule has 0 fully saturated rings. The van der Waals surface area contributed by atoms with Crippen LogP contribution in [0.1, 0.15) is 37.2 Å². The standard InChI is InChI=1S/C14H19ClN4/c1-10(2)19-14(12(15)9-18-19)13(16-3)7-11-5-4-6-17-8-11/h4-6,8-10,13,16H,7H2,1-3H3. The number of nitrogens with zero attached hydrogens (tertiary/aromatic N) is 3. The third kappa shape index (κ3) is 3.14. The Labute approximate surface area is 118 Å². The van der Waals surface area contributed by atoms with Gasteiger partial charge < -0.3 is 5.32 Å². The maximum Gasteiger partial charge on any atom is 0.0834 e. The molecule has 0 aliphatic heterocycles. The van der Waals surface area contributed by atoms with Gasteiger partial charge in [-0.3, -0.25) is 9.67 Å². The summed E-state index contributed by atoms with van der Waals surface area (Å²) in [6.07, 6.45) is 6.21. The zero-order chi connectivity index (χ0) is 13.8. The Morgan fingerprint density at radius 1 is 1.37 bits per heavy atom. The fraction of sp³-hybridized carbons (Fsp3) is 0.429. The van der Waals surface area contributed by atoms with E-state index >= 15 is 0 Å². The normalized spacial score (nSPS) is 12.9. The summed E-state index contributed by atoms with van der Waals surface area (Å²) in [5, 5.41) is 8.38. The molecule has 19 heavy (non-hydrogen) atoms. The van der Waals surface area contributed by atoms with E-state index in [1.54, 1.807) is 12.4 Å². The van der Waals surface area contributed by atoms with E-state index in [4.69, 9.17) is 11.6 Å². The van der Waals surface area contributed by atoms with E-state index < -0.39 is 0 Å². The molecule has 0 aromatic carbocycles. The van der Waals surface area contributed by atoms with E-state index in [0.717, 1.165) is 12.1 Å². The molecule has 2 rings (SSSR count). The molecule has 1 unspecified atom stereocenters. The van der Waals surface area contributed by atoms with Crippen LogP contribution in [0.5, 0.6) is 0 Å². The average molecular weight is 279 g/mol. The number of likely N-dealkylation sites (N-methyl/N-ethyl adjacent to an activating group) is 1. The Morgan fingerprint density at radius 2 is 2.16 bits per heavy atom. The van der Waals surface area contributed by atoms with Crippen molar-refractivity contribution in [2.75, 3.05) is 7.05 Å². The van der Waals surface area contributed by atoms with Crippen molar-refractivity contribution in [3.05, 3.63) is 47.0 Å². The highest BCUT2D eigenvalue weighted by molar-refractivity contribution is 6.31. The van der Waals surface area contributed by atoms with Crippen molar-refractivity contribution in [2.45, 2.75) is 32.4 Å². The summed E-state index contributed by atoms with van der Waals surface area (Å²) in [7, 11) is 1.94. The van der Waals surface area contributed by atoms with Crippen molar-refractivity contribution < 1.29 is 0 Å². The minimum atomic E-state index is 0.126. The van der Waals surface area contributed by atoms with E-state index in [2.05, 4.69) is 35.3 Å². The van der Waals surface area contributed by atoms with E-state index in [0.29, 0.717) is 5.02 Å². The first-order valence-electron chi connectivity index (χ1n) is 6.42. The van der Waals surface area contributed by atoms with Gasteiger partial charge in [0.15, 0.2) is 0 Å². The van der Waals surface area contributed by atoms with Gasteiger partial charge in [-0.15, -0.1) is 0 Å². The van der Waals surface area contributed by atoms with Gasteiger partial charge in [-0.05, 0) is 38.9 Å². The van der Waals surface area contributed by atoms with Gasteiger partial charge in [0.2, 0.25) is 0 Å². The number of nitrogens with one attached hydrogen (secondary N) is 1. The Bertz CT molecular complexity index is 521. The van der Waals surface area contributed by atoms with Gasteiger partial charge in [0, 0.05) is 18.4 Å². The van der Waals surface area contributed by atoms with Crippen molar-refractivity contribution >= 4 is 11.6 Å². The number of halogens is 1. The van der Waals surface area contributed by atoms with Gasteiger partial charge in [0.05, 0.1) is 23.0 Å². The van der Waals surface area contributed by atoms with Gasteiger partial charge in [-0.2, -0.15) is 5.10 Å². The van der Waals surface area contributed by atoms with E-state index in [1.165, 1.54) is 5.56 Å². The summed E-state index contributed by atoms with van der Waals surface area (Å²) >= 11 is 6.29. The Kier molecular flexibility index (Phi) is 4.56. The lowest BCUT2D eigenvalue weighted by Gasteiger charge is -2.20. The SMILES string of the molecule is CNC(Cc1cccnc1)c1c(Cl)cnn1C(C)C. The largest absolute Gasteiger partial charge is 0.311 e. The maximum absolute atomic E-state index is 6.29. The minimum absolute atomic E-state index is 0.126. The number of aromatic nitrogens is 3. The molecular weight excluding hydrogens is 260 g/mol. The minimum Gasteiger partial charge on any atom is -0.311 e. The van der Waals surface area contributed by atoms with Gasteiger partial charge in [0.1, 0.15) is 0 Å². The molecule has 0 saturated carbocycles. The summed E-state index contributed by atoms with van der Waals surface area (Å²) in [5.41, 5.74) is 2.21. The Balaban J connectivity index is 2.29. The van der Waals surface area contributed by atoms with Crippen LogP contribution in [0.3, 0.4) is 0 Å². The van der Waals surface area contributed by atoms with Crippen LogP contribution in [0.25, 0.3) is 0 Å². The molecule has 2 heterocycles. The topological polar surface area (TPSA) is 42.7 Å². The lowest BCUT2D eigenvalue weighted by atomic mass is 10.0. The monoisotopic (exact) mass is 278 g/mol. The second-order valence-corrected chi connectivity index (χ2v) is 5.23. The van der Waals surface area contributed by atoms with Gasteiger partial charge in [0.25, 0.3) is 0 Å². The van der Waals surface area contributed by atoms with Gasteiger partial charge in [-0.25, -0.2) is 0 Å². The average Bonchev–Trinajstić information content (AvgIpc) is 2.79. The molecule has 0 bridgehead atoms. The third-order valence-corrected chi connectivity index (χ3v) is 3.41. The molecule has 0 saturated heterocycles. The molecule has 102 valence electrons. The van der Waals surface area contributed by atoms with Crippen LogP contribution in [0.2, 0.25) is 5.02 Å². The summed E-state index contributed by atoms with van der Waals surface area (Å²) < 4.78 is 1.97. The Hall–Kier alpha value is -1.39. The van der Waals surface area contributed by atoms with Crippen LogP contribution in [-0.4, -0.2) is 21.8 Å². The molecule has 0 radical (unpaired) electrons. The number of hydrogen-bond donors (Lipinski definition) is 1. The number of pyridine rings is 1. The molecule has 0 aliphatic carbocycles. The molecular formula is C14H19ClN4. The second-order valence-electron chi connectivity index (χ2n) is 4.82. The highest BCUT2D eigenvalue weighted by Gasteiger charge is 2.20. The molecule has 0 spiro atoms. The van der Waals surface area contributed by atoms with E-state index in [9.17, 15) is 0 Å². The third-order valence-electron chi connectivity index (χ3n) is 3.12. The maximum atomic E-state index is 6.29. The van der Waals surface area contributed by atoms with Crippen molar-refractivity contribution in [1.82, 2.24) is 20.1 Å². The van der Waals surface area contributed by atoms with Crippen molar-refractivity contribution in [2.24, 2.45) is 0 Å². The smallest absolute Gasteiger partial charge is 0.0834 e. The lowest BCUT2D eigenvalue weighted by molar-refractivity contribution is 0.460. The molecule has 2 aromatic heterocycles. The van der Waals surface area contributed by atoms with Gasteiger partial charge >= 0.3 is 0 Å². The zero-order valence-electron chi connectivity index (χ0n) is 11.5. The summed E-state index contributed by atoms with van der Waals surface area (Å²) in [6.45, 7) is 4.20. The fourth-order valence-electron chi connectivity index (χ4n) is 2.18. The molecule has 1 atom stereocenters. The highest BCUT2D eigenvalue weighted by atomic mass is 35.5. The molecule has 0 amide bonds. The fourth-order valence-corrected chi connectivity index (χ4v) is 2.44. The van der Waals surface area contributed by atoms with E-state index in [1.807, 2.05) is 24.0 Å². The van der Waals surface area contributed by atoms with Crippen LogP contribution < -0.4 is 5.32 Å². The van der Waals surface area contributed by atoms with Crippen LogP contribution in [-0.2, 0) is 6.42 Å². The predicted molar refractivity (Wildman–Crippen MR) is 77.4 cm³/mol. The first-order chi connectivity index (χ1) is 9.13. The van der Waals surface area contributed by atoms with Crippen molar-refractivity contribution in [3.8, 4) is 0 Å². The highest BCUT2D eigenvalue weighted by Crippen LogP contribution is 2.27. The summed E-state index contributed by atoms with van der Waals surface area (Å²) in [4.78, 5) is 4.15. The number of hydrogen-bond acceptors (Lipinski definition) is 3. The Morgan fingerprint density at radius 3 is 2.74 bits per heavy atom. The van der Waals surface area contributed by atoms with Crippen LogP contribution in [0.4, 0.5) is 0 Å². The van der Waals surface area contributed by atoms with Crippen LogP contribution in [0.15, 0.2) is 30.7 Å². The molecule has 5 heteroatoms. The quantitative estimate of drug-likeness (QED) is 0.914. The molecule has 4 nitrogen and oxygen atoms in total. The molecule has 0 aliphatic rings. The zero-order valence-corrected chi connectivity index (χ0v) is 12.2. The first kappa shape index (κ1) is 14.0. The molecule has 2 aromatic rings. The number of rotatable bonds is 5. The van der Waals surface area contributed by atoms with Crippen LogP contribution >= 0.6 is 11.6 Å². The van der Waals surface area contributed by atoms with Crippen molar-refractivity contribution in [3.63, 3.8) is 0 Å². The first-order valence-corrected chi connectivity index (χ1v) is 6.80. The predicted octanol–water partition coefficient (Wildman–Crippen LogP) is 3.02. The molecule has 1 N–H and O–H groups in total. The second kappa shape index (κ2) is 6.17. The lowest BCUT2D eigenvalue weighted by Crippen LogP contribution is -2.23. The van der Waals surface area contributed by atoms with Crippen LogP contribution in [0, 0.1) is 0 Å². The van der Waals surface area contributed by atoms with Gasteiger partial charge in [-0.1, -0.05) is 17.7 Å². The summed E-state index contributed by atoms with van der Waals surface area (Å²) in [5.74, 6) is 0. The summed E-state index contributed by atoms with van der Waals surface area (Å²) in [6, 6.07) is 4.43.